The molecule has 2 N–H and O–H groups in total. The van der Waals surface area contributed by atoms with Crippen molar-refractivity contribution in [3.05, 3.63) is 47.6 Å². The molecule has 7 nitrogen and oxygen atoms in total. The predicted octanol–water partition coefficient (Wildman–Crippen LogP) is 3.42. The Kier molecular flexibility index (Phi) is 4.99. The zero-order valence-corrected chi connectivity index (χ0v) is 16.3. The molecule has 1 saturated carbocycles. The minimum Gasteiger partial charge on any atom is -0.444 e. The summed E-state index contributed by atoms with van der Waals surface area (Å²) in [5.41, 5.74) is -1.60. The zero-order chi connectivity index (χ0) is 19.7. The number of carbonyl (C=O) groups excluding carboxylic acids is 1. The molecule has 3 rings (SSSR count). The molecule has 1 amide bonds. The molecule has 1 aromatic heterocycles. The molecule has 146 valence electrons. The molecule has 1 unspecified atom stereocenters. The first-order valence-corrected chi connectivity index (χ1v) is 9.22. The average Bonchev–Trinajstić information content (AvgIpc) is 2.98. The van der Waals surface area contributed by atoms with Gasteiger partial charge in [-0.05, 0) is 52.5 Å². The van der Waals surface area contributed by atoms with Crippen LogP contribution in [0.25, 0.3) is 0 Å². The van der Waals surface area contributed by atoms with Crippen LogP contribution in [0.5, 0.6) is 0 Å². The maximum Gasteiger partial charge on any atom is 0.408 e. The number of benzene rings is 1. The number of carbonyl (C=O) groups is 1. The quantitative estimate of drug-likeness (QED) is 0.833. The van der Waals surface area contributed by atoms with E-state index < -0.39 is 22.8 Å². The first-order chi connectivity index (χ1) is 12.6. The van der Waals surface area contributed by atoms with Crippen LogP contribution in [0.15, 0.2) is 34.9 Å². The first kappa shape index (κ1) is 19.4. The monoisotopic (exact) mass is 373 g/mol. The van der Waals surface area contributed by atoms with Gasteiger partial charge in [0.2, 0.25) is 5.89 Å². The van der Waals surface area contributed by atoms with Crippen LogP contribution in [0.2, 0.25) is 0 Å². The molecule has 1 aromatic carbocycles. The molecule has 27 heavy (non-hydrogen) atoms. The summed E-state index contributed by atoms with van der Waals surface area (Å²) in [4.78, 5) is 16.7. The highest BCUT2D eigenvalue weighted by Crippen LogP contribution is 2.40. The molecule has 1 atom stereocenters. The lowest BCUT2D eigenvalue weighted by atomic mass is 9.76. The molecule has 1 heterocycles. The number of nitrogens with zero attached hydrogens (tertiary/aromatic N) is 2. The average molecular weight is 373 g/mol. The fraction of sp³-hybridized carbons (Fsp3) is 0.550. The van der Waals surface area contributed by atoms with Crippen molar-refractivity contribution in [2.75, 3.05) is 0 Å². The smallest absolute Gasteiger partial charge is 0.408 e. The lowest BCUT2D eigenvalue weighted by Crippen LogP contribution is -2.52. The zero-order valence-electron chi connectivity index (χ0n) is 16.3. The van der Waals surface area contributed by atoms with Crippen LogP contribution < -0.4 is 5.32 Å². The lowest BCUT2D eigenvalue weighted by molar-refractivity contribution is 0.0361. The number of aromatic nitrogens is 2. The minimum atomic E-state index is -1.13. The van der Waals surface area contributed by atoms with Gasteiger partial charge < -0.3 is 19.7 Å². The third-order valence-corrected chi connectivity index (χ3v) is 4.73. The molecule has 0 aliphatic heterocycles. The highest BCUT2D eigenvalue weighted by Gasteiger charge is 2.45. The highest BCUT2D eigenvalue weighted by molar-refractivity contribution is 5.69. The summed E-state index contributed by atoms with van der Waals surface area (Å²) >= 11 is 0. The van der Waals surface area contributed by atoms with Gasteiger partial charge in [0.1, 0.15) is 11.1 Å². The number of hydrogen-bond donors (Lipinski definition) is 2. The number of aliphatic hydroxyl groups is 1. The van der Waals surface area contributed by atoms with E-state index in [0.717, 1.165) is 24.8 Å². The van der Waals surface area contributed by atoms with E-state index in [0.29, 0.717) is 11.7 Å². The van der Waals surface area contributed by atoms with Gasteiger partial charge in [0.05, 0.1) is 12.0 Å². The molecule has 1 fully saturated rings. The second-order valence-corrected chi connectivity index (χ2v) is 8.39. The van der Waals surface area contributed by atoms with Crippen molar-refractivity contribution in [2.45, 2.75) is 70.1 Å². The van der Waals surface area contributed by atoms with Gasteiger partial charge in [0, 0.05) is 0 Å². The van der Waals surface area contributed by atoms with E-state index in [1.165, 1.54) is 0 Å². The molecule has 0 saturated heterocycles. The molecule has 1 aliphatic carbocycles. The van der Waals surface area contributed by atoms with Gasteiger partial charge >= 0.3 is 6.09 Å². The summed E-state index contributed by atoms with van der Waals surface area (Å²) < 4.78 is 10.7. The van der Waals surface area contributed by atoms with Crippen LogP contribution in [0.1, 0.15) is 64.2 Å². The summed E-state index contributed by atoms with van der Waals surface area (Å²) in [7, 11) is 0. The second kappa shape index (κ2) is 6.96. The Hall–Kier alpha value is -2.41. The van der Waals surface area contributed by atoms with Crippen molar-refractivity contribution in [3.63, 3.8) is 0 Å². The van der Waals surface area contributed by atoms with Crippen molar-refractivity contribution >= 4 is 6.09 Å². The maximum absolute atomic E-state index is 12.2. The Bertz CT molecular complexity index is 789. The topological polar surface area (TPSA) is 97.5 Å². The minimum absolute atomic E-state index is 0.187. The third kappa shape index (κ3) is 4.47. The molecule has 0 radical (unpaired) electrons. The van der Waals surface area contributed by atoms with Crippen LogP contribution in [0, 0.1) is 0 Å². The van der Waals surface area contributed by atoms with Crippen molar-refractivity contribution in [1.29, 1.82) is 0 Å². The summed E-state index contributed by atoms with van der Waals surface area (Å²) in [5, 5.41) is 17.8. The van der Waals surface area contributed by atoms with Gasteiger partial charge in [-0.1, -0.05) is 35.5 Å². The normalized spacial score (nSPS) is 18.3. The highest BCUT2D eigenvalue weighted by atomic mass is 16.6. The molecule has 7 heteroatoms. The number of alkyl carbamates (subject to hydrolysis) is 1. The molecule has 1 aliphatic rings. The predicted molar refractivity (Wildman–Crippen MR) is 98.9 cm³/mol. The lowest BCUT2D eigenvalue weighted by Gasteiger charge is -2.39. The Morgan fingerprint density at radius 3 is 2.48 bits per heavy atom. The van der Waals surface area contributed by atoms with E-state index in [2.05, 4.69) is 15.5 Å². The molecule has 0 spiro atoms. The standard InChI is InChI=1S/C20H27N3O4/c1-18(2,3)26-17(24)22-20(11-8-12-20)16-21-15(27-23-16)13-19(4,25)14-9-6-5-7-10-14/h5-7,9-10,25H,8,11-13H2,1-4H3,(H,22,24). The van der Waals surface area contributed by atoms with Gasteiger partial charge in [0.15, 0.2) is 5.82 Å². The van der Waals surface area contributed by atoms with Crippen LogP contribution in [-0.4, -0.2) is 26.9 Å². The van der Waals surface area contributed by atoms with Crippen LogP contribution in [0.4, 0.5) is 4.79 Å². The van der Waals surface area contributed by atoms with Gasteiger partial charge in [-0.15, -0.1) is 0 Å². The van der Waals surface area contributed by atoms with E-state index in [1.54, 1.807) is 6.92 Å². The number of amides is 1. The second-order valence-electron chi connectivity index (χ2n) is 8.39. The van der Waals surface area contributed by atoms with Crippen LogP contribution >= 0.6 is 0 Å². The number of ether oxygens (including phenoxy) is 1. The Balaban J connectivity index is 1.73. The Morgan fingerprint density at radius 2 is 1.93 bits per heavy atom. The third-order valence-electron chi connectivity index (χ3n) is 4.73. The van der Waals surface area contributed by atoms with E-state index in [9.17, 15) is 9.90 Å². The van der Waals surface area contributed by atoms with Crippen molar-refractivity contribution in [1.82, 2.24) is 15.5 Å². The van der Waals surface area contributed by atoms with Crippen molar-refractivity contribution < 1.29 is 19.2 Å². The molecule has 2 aromatic rings. The largest absolute Gasteiger partial charge is 0.444 e. The van der Waals surface area contributed by atoms with Crippen molar-refractivity contribution in [2.24, 2.45) is 0 Å². The fourth-order valence-corrected chi connectivity index (χ4v) is 3.15. The molecule has 0 bridgehead atoms. The van der Waals surface area contributed by atoms with Gasteiger partial charge in [0.25, 0.3) is 0 Å². The first-order valence-electron chi connectivity index (χ1n) is 9.22. The van der Waals surface area contributed by atoms with Crippen molar-refractivity contribution in [3.8, 4) is 0 Å². The molecular weight excluding hydrogens is 346 g/mol. The summed E-state index contributed by atoms with van der Waals surface area (Å²) in [5.74, 6) is 0.759. The SMILES string of the molecule is CC(C)(C)OC(=O)NC1(c2noc(CC(C)(O)c3ccccc3)n2)CCC1. The van der Waals surface area contributed by atoms with Crippen LogP contribution in [0.3, 0.4) is 0 Å². The van der Waals surface area contributed by atoms with E-state index in [-0.39, 0.29) is 6.42 Å². The Morgan fingerprint density at radius 1 is 1.26 bits per heavy atom. The van der Waals surface area contributed by atoms with Gasteiger partial charge in [-0.3, -0.25) is 0 Å². The van der Waals surface area contributed by atoms with Crippen LogP contribution in [-0.2, 0) is 22.3 Å². The number of rotatable bonds is 5. The van der Waals surface area contributed by atoms with Gasteiger partial charge in [-0.25, -0.2) is 4.79 Å². The Labute approximate surface area is 159 Å². The maximum atomic E-state index is 12.2. The van der Waals surface area contributed by atoms with E-state index >= 15 is 0 Å². The van der Waals surface area contributed by atoms with E-state index in [4.69, 9.17) is 9.26 Å². The van der Waals surface area contributed by atoms with Gasteiger partial charge in [-0.2, -0.15) is 4.98 Å². The summed E-state index contributed by atoms with van der Waals surface area (Å²) in [6.07, 6.45) is 2.10. The summed E-state index contributed by atoms with van der Waals surface area (Å²) in [6.45, 7) is 7.17. The summed E-state index contributed by atoms with van der Waals surface area (Å²) in [6, 6.07) is 9.35. The number of hydrogen-bond acceptors (Lipinski definition) is 6. The fourth-order valence-electron chi connectivity index (χ4n) is 3.15. The molecular formula is C20H27N3O4. The number of nitrogens with one attached hydrogen (secondary N) is 1. The van der Waals surface area contributed by atoms with E-state index in [1.807, 2.05) is 51.1 Å².